The molecular weight excluding hydrogens is 317 g/mol. The molecule has 2 heterocycles. The van der Waals surface area contributed by atoms with Crippen molar-refractivity contribution >= 4 is 17.5 Å². The first-order valence-electron chi connectivity index (χ1n) is 6.91. The number of halogens is 1. The fourth-order valence-corrected chi connectivity index (χ4v) is 2.95. The predicted molar refractivity (Wildman–Crippen MR) is 84.9 cm³/mol. The second-order valence-electron chi connectivity index (χ2n) is 4.97. The van der Waals surface area contributed by atoms with Gasteiger partial charge in [0, 0.05) is 12.6 Å². The molecule has 0 amide bonds. The van der Waals surface area contributed by atoms with E-state index >= 15 is 0 Å². The van der Waals surface area contributed by atoms with Gasteiger partial charge in [0.25, 0.3) is 0 Å². The summed E-state index contributed by atoms with van der Waals surface area (Å²) in [7, 11) is 1.84. The Bertz CT molecular complexity index is 839. The van der Waals surface area contributed by atoms with E-state index in [4.69, 9.17) is 4.42 Å². The number of aryl methyl sites for hydroxylation is 1. The minimum absolute atomic E-state index is 0.0842. The van der Waals surface area contributed by atoms with Gasteiger partial charge in [0.1, 0.15) is 11.6 Å². The average Bonchev–Trinajstić information content (AvgIpc) is 3.11. The molecule has 0 saturated carbocycles. The fourth-order valence-electron chi connectivity index (χ4n) is 2.14. The van der Waals surface area contributed by atoms with Crippen LogP contribution in [-0.4, -0.2) is 26.3 Å². The minimum Gasteiger partial charge on any atom is -0.469 e. The molecule has 0 N–H and O–H groups in total. The van der Waals surface area contributed by atoms with Crippen molar-refractivity contribution in [3.63, 3.8) is 0 Å². The number of hydrogen-bond acceptors (Lipinski definition) is 5. The zero-order chi connectivity index (χ0) is 16.4. The van der Waals surface area contributed by atoms with Crippen LogP contribution >= 0.6 is 11.8 Å². The number of furan rings is 1. The van der Waals surface area contributed by atoms with Crippen LogP contribution in [-0.2, 0) is 7.05 Å². The van der Waals surface area contributed by atoms with Gasteiger partial charge in [0.05, 0.1) is 17.6 Å². The molecule has 2 aromatic heterocycles. The summed E-state index contributed by atoms with van der Waals surface area (Å²) in [6, 6.07) is 7.35. The van der Waals surface area contributed by atoms with E-state index in [1.54, 1.807) is 6.26 Å². The molecule has 0 aliphatic heterocycles. The van der Waals surface area contributed by atoms with Crippen LogP contribution in [0.25, 0.3) is 11.4 Å². The maximum absolute atomic E-state index is 12.9. The first-order valence-corrected chi connectivity index (χ1v) is 7.90. The topological polar surface area (TPSA) is 60.9 Å². The molecular formula is C16H14FN3O2S. The molecule has 0 radical (unpaired) electrons. The van der Waals surface area contributed by atoms with Gasteiger partial charge in [0.15, 0.2) is 16.8 Å². The van der Waals surface area contributed by atoms with Crippen molar-refractivity contribution in [3.05, 3.63) is 53.7 Å². The van der Waals surface area contributed by atoms with E-state index in [1.165, 1.54) is 36.0 Å². The van der Waals surface area contributed by atoms with Crippen LogP contribution in [0.1, 0.15) is 16.1 Å². The van der Waals surface area contributed by atoms with E-state index < -0.39 is 0 Å². The molecule has 0 aliphatic carbocycles. The molecule has 3 aromatic rings. The Morgan fingerprint density at radius 1 is 1.26 bits per heavy atom. The van der Waals surface area contributed by atoms with Crippen molar-refractivity contribution in [2.45, 2.75) is 12.1 Å². The Kier molecular flexibility index (Phi) is 4.29. The number of thioether (sulfide) groups is 1. The van der Waals surface area contributed by atoms with E-state index in [1.807, 2.05) is 24.6 Å². The highest BCUT2D eigenvalue weighted by molar-refractivity contribution is 7.99. The van der Waals surface area contributed by atoms with Gasteiger partial charge in [-0.25, -0.2) is 4.39 Å². The van der Waals surface area contributed by atoms with Crippen molar-refractivity contribution in [1.29, 1.82) is 0 Å². The summed E-state index contributed by atoms with van der Waals surface area (Å²) in [6.45, 7) is 1.86. The molecule has 0 saturated heterocycles. The number of rotatable bonds is 5. The molecule has 118 valence electrons. The van der Waals surface area contributed by atoms with Gasteiger partial charge in [-0.15, -0.1) is 10.2 Å². The fraction of sp³-hybridized carbons (Fsp3) is 0.188. The largest absolute Gasteiger partial charge is 0.469 e. The van der Waals surface area contributed by atoms with Crippen LogP contribution < -0.4 is 0 Å². The van der Waals surface area contributed by atoms with Crippen LogP contribution in [0.15, 0.2) is 46.2 Å². The van der Waals surface area contributed by atoms with Crippen LogP contribution in [0, 0.1) is 12.7 Å². The number of benzene rings is 1. The molecule has 1 aromatic carbocycles. The van der Waals surface area contributed by atoms with E-state index in [2.05, 4.69) is 10.2 Å². The van der Waals surface area contributed by atoms with Gasteiger partial charge >= 0.3 is 0 Å². The SMILES string of the molecule is Cc1occc1-c1nnc(SCC(=O)c2ccc(F)cc2)n1C. The number of Topliss-reactive ketones (excluding diaryl/α,β-unsaturated/α-hetero) is 1. The molecule has 0 fully saturated rings. The number of carbonyl (C=O) groups excluding carboxylic acids is 1. The first kappa shape index (κ1) is 15.5. The Balaban J connectivity index is 1.72. The average molecular weight is 331 g/mol. The Morgan fingerprint density at radius 3 is 2.65 bits per heavy atom. The van der Waals surface area contributed by atoms with E-state index in [0.717, 1.165) is 11.3 Å². The van der Waals surface area contributed by atoms with Crippen LogP contribution in [0.4, 0.5) is 4.39 Å². The molecule has 5 nitrogen and oxygen atoms in total. The maximum atomic E-state index is 12.9. The molecule has 0 bridgehead atoms. The van der Waals surface area contributed by atoms with Gasteiger partial charge in [-0.05, 0) is 37.3 Å². The Labute approximate surface area is 136 Å². The van der Waals surface area contributed by atoms with Crippen molar-refractivity contribution < 1.29 is 13.6 Å². The number of nitrogens with zero attached hydrogens (tertiary/aromatic N) is 3. The molecule has 0 spiro atoms. The number of hydrogen-bond donors (Lipinski definition) is 0. The lowest BCUT2D eigenvalue weighted by atomic mass is 10.1. The summed E-state index contributed by atoms with van der Waals surface area (Å²) in [4.78, 5) is 12.1. The zero-order valence-electron chi connectivity index (χ0n) is 12.6. The normalized spacial score (nSPS) is 10.9. The summed E-state index contributed by atoms with van der Waals surface area (Å²) in [5.74, 6) is 1.22. The molecule has 0 atom stereocenters. The first-order chi connectivity index (χ1) is 11.1. The smallest absolute Gasteiger partial charge is 0.191 e. The van der Waals surface area contributed by atoms with Crippen molar-refractivity contribution in [2.24, 2.45) is 7.05 Å². The molecule has 23 heavy (non-hydrogen) atoms. The second-order valence-corrected chi connectivity index (χ2v) is 5.92. The highest BCUT2D eigenvalue weighted by atomic mass is 32.2. The van der Waals surface area contributed by atoms with Crippen LogP contribution in [0.2, 0.25) is 0 Å². The van der Waals surface area contributed by atoms with Crippen molar-refractivity contribution in [1.82, 2.24) is 14.8 Å². The second kappa shape index (κ2) is 6.37. The molecule has 7 heteroatoms. The number of ketones is 1. The molecule has 0 aliphatic rings. The summed E-state index contributed by atoms with van der Waals surface area (Å²) in [5.41, 5.74) is 1.35. The van der Waals surface area contributed by atoms with Crippen molar-refractivity contribution in [2.75, 3.05) is 5.75 Å². The lowest BCUT2D eigenvalue weighted by Gasteiger charge is -2.03. The summed E-state index contributed by atoms with van der Waals surface area (Å²) in [6.07, 6.45) is 1.60. The summed E-state index contributed by atoms with van der Waals surface area (Å²) < 4.78 is 20.0. The van der Waals surface area contributed by atoms with Crippen LogP contribution in [0.5, 0.6) is 0 Å². The van der Waals surface area contributed by atoms with Gasteiger partial charge < -0.3 is 8.98 Å². The zero-order valence-corrected chi connectivity index (χ0v) is 13.4. The van der Waals surface area contributed by atoms with Gasteiger partial charge in [-0.2, -0.15) is 0 Å². The van der Waals surface area contributed by atoms with Gasteiger partial charge in [-0.3, -0.25) is 4.79 Å². The third kappa shape index (κ3) is 3.19. The molecule has 0 unspecified atom stereocenters. The van der Waals surface area contributed by atoms with Gasteiger partial charge in [0.2, 0.25) is 0 Å². The number of aromatic nitrogens is 3. The predicted octanol–water partition coefficient (Wildman–Crippen LogP) is 3.50. The van der Waals surface area contributed by atoms with E-state index in [0.29, 0.717) is 16.5 Å². The molecule has 3 rings (SSSR count). The Morgan fingerprint density at radius 2 is 2.00 bits per heavy atom. The highest BCUT2D eigenvalue weighted by Gasteiger charge is 2.16. The quantitative estimate of drug-likeness (QED) is 0.529. The lowest BCUT2D eigenvalue weighted by molar-refractivity contribution is 0.102. The monoisotopic (exact) mass is 331 g/mol. The third-order valence-corrected chi connectivity index (χ3v) is 4.45. The van der Waals surface area contributed by atoms with Crippen molar-refractivity contribution in [3.8, 4) is 11.4 Å². The number of carbonyl (C=O) groups is 1. The summed E-state index contributed by atoms with van der Waals surface area (Å²) >= 11 is 1.29. The Hall–Kier alpha value is -2.41. The van der Waals surface area contributed by atoms with Crippen LogP contribution in [0.3, 0.4) is 0 Å². The minimum atomic E-state index is -0.359. The third-order valence-electron chi connectivity index (χ3n) is 3.43. The van der Waals surface area contributed by atoms with E-state index in [-0.39, 0.29) is 17.4 Å². The lowest BCUT2D eigenvalue weighted by Crippen LogP contribution is -2.04. The standard InChI is InChI=1S/C16H14FN3O2S/c1-10-13(7-8-22-10)15-18-19-16(20(15)2)23-9-14(21)11-3-5-12(17)6-4-11/h3-8H,9H2,1-2H3. The van der Waals surface area contributed by atoms with Gasteiger partial charge in [-0.1, -0.05) is 11.8 Å². The summed E-state index contributed by atoms with van der Waals surface area (Å²) in [5, 5.41) is 8.90. The van der Waals surface area contributed by atoms with E-state index in [9.17, 15) is 9.18 Å². The maximum Gasteiger partial charge on any atom is 0.191 e. The highest BCUT2D eigenvalue weighted by Crippen LogP contribution is 2.26.